The average Bonchev–Trinajstić information content (AvgIpc) is 2.82. The number of aromatic hydroxyl groups is 1. The van der Waals surface area contributed by atoms with Gasteiger partial charge in [0.15, 0.2) is 0 Å². The van der Waals surface area contributed by atoms with Crippen LogP contribution in [0.2, 0.25) is 0 Å². The molecule has 1 aliphatic carbocycles. The maximum atomic E-state index is 9.66. The third-order valence-electron chi connectivity index (χ3n) is 3.61. The molecule has 0 aliphatic heterocycles. The van der Waals surface area contributed by atoms with E-state index in [9.17, 15) is 5.11 Å². The monoisotopic (exact) mass is 274 g/mol. The first-order chi connectivity index (χ1) is 9.22. The number of hydrogen-bond acceptors (Lipinski definition) is 4. The minimum atomic E-state index is 0.333. The number of rotatable bonds is 3. The van der Waals surface area contributed by atoms with Crippen LogP contribution in [0.25, 0.3) is 0 Å². The minimum Gasteiger partial charge on any atom is -0.508 e. The van der Waals surface area contributed by atoms with Crippen LogP contribution in [0.15, 0.2) is 23.6 Å². The Kier molecular flexibility index (Phi) is 3.53. The Morgan fingerprint density at radius 3 is 3.16 bits per heavy atom. The maximum Gasteiger partial charge on any atom is 0.115 e. The molecule has 19 heavy (non-hydrogen) atoms. The van der Waals surface area contributed by atoms with E-state index in [1.807, 2.05) is 19.1 Å². The number of hydrogen-bond donors (Lipinski definition) is 2. The fourth-order valence-electron chi connectivity index (χ4n) is 2.69. The van der Waals surface area contributed by atoms with Crippen molar-refractivity contribution >= 4 is 11.3 Å². The summed E-state index contributed by atoms with van der Waals surface area (Å²) in [7, 11) is 0. The Bertz CT molecular complexity index is 579. The predicted octanol–water partition coefficient (Wildman–Crippen LogP) is 3.32. The molecule has 1 aromatic carbocycles. The highest BCUT2D eigenvalue weighted by atomic mass is 32.1. The first-order valence-electron chi connectivity index (χ1n) is 6.68. The number of aromatic nitrogens is 1. The Morgan fingerprint density at radius 2 is 2.37 bits per heavy atom. The Hall–Kier alpha value is -1.39. The largest absolute Gasteiger partial charge is 0.508 e. The average molecular weight is 274 g/mol. The van der Waals surface area contributed by atoms with Crippen molar-refractivity contribution in [2.45, 2.75) is 38.8 Å². The zero-order valence-corrected chi connectivity index (χ0v) is 11.8. The molecular weight excluding hydrogens is 256 g/mol. The first-order valence-corrected chi connectivity index (χ1v) is 7.56. The van der Waals surface area contributed by atoms with Gasteiger partial charge >= 0.3 is 0 Å². The van der Waals surface area contributed by atoms with Crippen molar-refractivity contribution in [3.05, 3.63) is 45.4 Å². The molecule has 3 nitrogen and oxygen atoms in total. The number of aryl methyl sites for hydroxylation is 2. The molecule has 0 bridgehead atoms. The van der Waals surface area contributed by atoms with Crippen LogP contribution in [0.1, 0.15) is 40.7 Å². The van der Waals surface area contributed by atoms with E-state index in [-0.39, 0.29) is 0 Å². The lowest BCUT2D eigenvalue weighted by Crippen LogP contribution is -2.24. The second kappa shape index (κ2) is 5.31. The minimum absolute atomic E-state index is 0.333. The summed E-state index contributed by atoms with van der Waals surface area (Å²) in [5.41, 5.74) is 3.69. The molecule has 0 amide bonds. The summed E-state index contributed by atoms with van der Waals surface area (Å²) in [4.78, 5) is 4.48. The Labute approximate surface area is 117 Å². The van der Waals surface area contributed by atoms with Gasteiger partial charge in [-0.15, -0.1) is 11.3 Å². The third kappa shape index (κ3) is 2.80. The van der Waals surface area contributed by atoms with E-state index >= 15 is 0 Å². The second-order valence-corrected chi connectivity index (χ2v) is 6.03. The fourth-order valence-corrected chi connectivity index (χ4v) is 3.42. The summed E-state index contributed by atoms with van der Waals surface area (Å²) in [6.07, 6.45) is 3.44. The quantitative estimate of drug-likeness (QED) is 0.902. The molecule has 0 saturated carbocycles. The standard InChI is InChI=1S/C15H18N2OS/c1-10-9-19-15(17-10)8-16-14-4-2-3-11-5-6-12(18)7-13(11)14/h5-7,9,14,16,18H,2-4,8H2,1H3. The molecule has 0 radical (unpaired) electrons. The molecule has 0 fully saturated rings. The van der Waals surface area contributed by atoms with Gasteiger partial charge in [0.25, 0.3) is 0 Å². The summed E-state index contributed by atoms with van der Waals surface area (Å²) in [6.45, 7) is 2.83. The van der Waals surface area contributed by atoms with E-state index in [1.165, 1.54) is 17.5 Å². The van der Waals surface area contributed by atoms with Crippen molar-refractivity contribution in [2.24, 2.45) is 0 Å². The van der Waals surface area contributed by atoms with Gasteiger partial charge in [-0.05, 0) is 49.4 Å². The van der Waals surface area contributed by atoms with Gasteiger partial charge in [0.1, 0.15) is 10.8 Å². The normalized spacial score (nSPS) is 18.3. The van der Waals surface area contributed by atoms with Crippen LogP contribution in [0, 0.1) is 6.92 Å². The number of phenolic OH excluding ortho intramolecular Hbond substituents is 1. The fraction of sp³-hybridized carbons (Fsp3) is 0.400. The molecule has 3 rings (SSSR count). The van der Waals surface area contributed by atoms with Crippen molar-refractivity contribution in [1.82, 2.24) is 10.3 Å². The third-order valence-corrected chi connectivity index (χ3v) is 4.58. The van der Waals surface area contributed by atoms with Crippen LogP contribution in [-0.2, 0) is 13.0 Å². The van der Waals surface area contributed by atoms with Gasteiger partial charge in [-0.2, -0.15) is 0 Å². The van der Waals surface area contributed by atoms with E-state index in [0.29, 0.717) is 11.8 Å². The van der Waals surface area contributed by atoms with Crippen molar-refractivity contribution < 1.29 is 5.11 Å². The highest BCUT2D eigenvalue weighted by Crippen LogP contribution is 2.32. The van der Waals surface area contributed by atoms with Crippen molar-refractivity contribution in [3.63, 3.8) is 0 Å². The van der Waals surface area contributed by atoms with Gasteiger partial charge < -0.3 is 10.4 Å². The first kappa shape index (κ1) is 12.6. The summed E-state index contributed by atoms with van der Waals surface area (Å²) < 4.78 is 0. The SMILES string of the molecule is Cc1csc(CNC2CCCc3ccc(O)cc32)n1. The zero-order chi connectivity index (χ0) is 13.2. The van der Waals surface area contributed by atoms with Crippen molar-refractivity contribution in [1.29, 1.82) is 0 Å². The van der Waals surface area contributed by atoms with Gasteiger partial charge in [-0.25, -0.2) is 4.98 Å². The van der Waals surface area contributed by atoms with E-state index in [4.69, 9.17) is 0 Å². The van der Waals surface area contributed by atoms with E-state index in [2.05, 4.69) is 15.7 Å². The van der Waals surface area contributed by atoms with Gasteiger partial charge in [0, 0.05) is 23.7 Å². The highest BCUT2D eigenvalue weighted by Gasteiger charge is 2.20. The van der Waals surface area contributed by atoms with Gasteiger partial charge in [-0.3, -0.25) is 0 Å². The molecule has 100 valence electrons. The molecule has 1 aliphatic rings. The maximum absolute atomic E-state index is 9.66. The molecule has 2 aromatic rings. The van der Waals surface area contributed by atoms with Crippen molar-refractivity contribution in [2.75, 3.05) is 0 Å². The summed E-state index contributed by atoms with van der Waals surface area (Å²) >= 11 is 1.70. The molecule has 2 N–H and O–H groups in total. The van der Waals surface area contributed by atoms with Crippen LogP contribution in [-0.4, -0.2) is 10.1 Å². The highest BCUT2D eigenvalue weighted by molar-refractivity contribution is 7.09. The number of thiazole rings is 1. The molecule has 1 aromatic heterocycles. The summed E-state index contributed by atoms with van der Waals surface area (Å²) in [5.74, 6) is 0.359. The molecule has 4 heteroatoms. The molecule has 1 atom stereocenters. The van der Waals surface area contributed by atoms with Gasteiger partial charge in [-0.1, -0.05) is 6.07 Å². The molecule has 0 saturated heterocycles. The number of benzene rings is 1. The zero-order valence-electron chi connectivity index (χ0n) is 11.0. The molecular formula is C15H18N2OS. The molecule has 1 unspecified atom stereocenters. The lowest BCUT2D eigenvalue weighted by molar-refractivity contribution is 0.445. The van der Waals surface area contributed by atoms with Crippen LogP contribution >= 0.6 is 11.3 Å². The number of fused-ring (bicyclic) bond motifs is 1. The number of nitrogens with zero attached hydrogens (tertiary/aromatic N) is 1. The van der Waals surface area contributed by atoms with Crippen LogP contribution in [0.4, 0.5) is 0 Å². The Morgan fingerprint density at radius 1 is 1.47 bits per heavy atom. The van der Waals surface area contributed by atoms with Gasteiger partial charge in [0.05, 0.1) is 0 Å². The van der Waals surface area contributed by atoms with Crippen LogP contribution < -0.4 is 5.32 Å². The predicted molar refractivity (Wildman–Crippen MR) is 77.5 cm³/mol. The number of phenols is 1. The summed E-state index contributed by atoms with van der Waals surface area (Å²) in [6, 6.07) is 6.07. The lowest BCUT2D eigenvalue weighted by atomic mass is 9.87. The van der Waals surface area contributed by atoms with Crippen LogP contribution in [0.5, 0.6) is 5.75 Å². The summed E-state index contributed by atoms with van der Waals surface area (Å²) in [5, 5.41) is 16.4. The smallest absolute Gasteiger partial charge is 0.115 e. The molecule has 0 spiro atoms. The number of nitrogens with one attached hydrogen (secondary N) is 1. The van der Waals surface area contributed by atoms with E-state index in [0.717, 1.165) is 30.1 Å². The lowest BCUT2D eigenvalue weighted by Gasteiger charge is -2.26. The van der Waals surface area contributed by atoms with Crippen LogP contribution in [0.3, 0.4) is 0 Å². The van der Waals surface area contributed by atoms with E-state index in [1.54, 1.807) is 17.4 Å². The Balaban J connectivity index is 1.74. The topological polar surface area (TPSA) is 45.1 Å². The van der Waals surface area contributed by atoms with Gasteiger partial charge in [0.2, 0.25) is 0 Å². The van der Waals surface area contributed by atoms with Crippen molar-refractivity contribution in [3.8, 4) is 5.75 Å². The second-order valence-electron chi connectivity index (χ2n) is 5.09. The van der Waals surface area contributed by atoms with E-state index < -0.39 is 0 Å². The molecule has 1 heterocycles.